The van der Waals surface area contributed by atoms with Crippen LogP contribution < -0.4 is 10.2 Å². The van der Waals surface area contributed by atoms with Crippen molar-refractivity contribution >= 4 is 23.2 Å². The summed E-state index contributed by atoms with van der Waals surface area (Å²) in [5, 5.41) is 3.78. The summed E-state index contributed by atoms with van der Waals surface area (Å²) < 4.78 is 0. The smallest absolute Gasteiger partial charge is 0.240 e. The molecule has 0 atom stereocenters. The monoisotopic (exact) mass is 224 g/mol. The Bertz CT molecular complexity index is 350. The van der Waals surface area contributed by atoms with Gasteiger partial charge in [0.05, 0.1) is 6.54 Å². The number of rotatable bonds is 1. The van der Waals surface area contributed by atoms with E-state index < -0.39 is 0 Å². The first-order valence-corrected chi connectivity index (χ1v) is 5.42. The van der Waals surface area contributed by atoms with E-state index in [2.05, 4.69) is 5.32 Å². The lowest BCUT2D eigenvalue weighted by atomic mass is 10.2. The average molecular weight is 225 g/mol. The van der Waals surface area contributed by atoms with Crippen LogP contribution in [0.3, 0.4) is 0 Å². The summed E-state index contributed by atoms with van der Waals surface area (Å²) in [6.07, 6.45) is 0.981. The van der Waals surface area contributed by atoms with Gasteiger partial charge in [-0.25, -0.2) is 0 Å². The van der Waals surface area contributed by atoms with Crippen molar-refractivity contribution in [3.05, 3.63) is 29.3 Å². The highest BCUT2D eigenvalue weighted by molar-refractivity contribution is 6.30. The first-order valence-electron chi connectivity index (χ1n) is 5.04. The molecule has 1 aliphatic rings. The van der Waals surface area contributed by atoms with E-state index >= 15 is 0 Å². The van der Waals surface area contributed by atoms with Crippen LogP contribution in [0, 0.1) is 0 Å². The molecular formula is C11H13ClN2O. The van der Waals surface area contributed by atoms with Crippen molar-refractivity contribution in [3.63, 3.8) is 0 Å². The number of benzene rings is 1. The first-order chi connectivity index (χ1) is 7.27. The highest BCUT2D eigenvalue weighted by Gasteiger charge is 2.17. The second-order valence-electron chi connectivity index (χ2n) is 3.55. The number of anilines is 1. The number of hydrogen-bond acceptors (Lipinski definition) is 2. The van der Waals surface area contributed by atoms with Gasteiger partial charge in [0, 0.05) is 17.3 Å². The van der Waals surface area contributed by atoms with E-state index in [0.717, 1.165) is 25.2 Å². The SMILES string of the molecule is O=C1CNCCCN1c1ccc(Cl)cc1. The van der Waals surface area contributed by atoms with Crippen LogP contribution in [0.25, 0.3) is 0 Å². The van der Waals surface area contributed by atoms with E-state index in [1.807, 2.05) is 24.3 Å². The van der Waals surface area contributed by atoms with Gasteiger partial charge in [0.25, 0.3) is 0 Å². The molecule has 80 valence electrons. The number of nitrogens with one attached hydrogen (secondary N) is 1. The van der Waals surface area contributed by atoms with Crippen molar-refractivity contribution in [2.24, 2.45) is 0 Å². The van der Waals surface area contributed by atoms with Crippen molar-refractivity contribution in [3.8, 4) is 0 Å². The third kappa shape index (κ3) is 2.49. The summed E-state index contributed by atoms with van der Waals surface area (Å²) in [6, 6.07) is 7.38. The van der Waals surface area contributed by atoms with E-state index in [0.29, 0.717) is 11.6 Å². The predicted molar refractivity (Wildman–Crippen MR) is 61.3 cm³/mol. The van der Waals surface area contributed by atoms with Gasteiger partial charge in [-0.2, -0.15) is 0 Å². The Morgan fingerprint density at radius 3 is 2.73 bits per heavy atom. The van der Waals surface area contributed by atoms with E-state index in [-0.39, 0.29) is 5.91 Å². The minimum Gasteiger partial charge on any atom is -0.311 e. The maximum atomic E-state index is 11.7. The van der Waals surface area contributed by atoms with Crippen LogP contribution in [-0.2, 0) is 4.79 Å². The van der Waals surface area contributed by atoms with Crippen molar-refractivity contribution in [2.45, 2.75) is 6.42 Å². The second-order valence-corrected chi connectivity index (χ2v) is 3.99. The molecule has 1 heterocycles. The van der Waals surface area contributed by atoms with E-state index in [4.69, 9.17) is 11.6 Å². The largest absolute Gasteiger partial charge is 0.311 e. The minimum absolute atomic E-state index is 0.120. The van der Waals surface area contributed by atoms with Gasteiger partial charge in [-0.15, -0.1) is 0 Å². The van der Waals surface area contributed by atoms with Crippen LogP contribution in [0.4, 0.5) is 5.69 Å². The molecule has 0 aromatic heterocycles. The number of amides is 1. The Kier molecular flexibility index (Phi) is 3.23. The van der Waals surface area contributed by atoms with Crippen LogP contribution in [0.5, 0.6) is 0 Å². The Balaban J connectivity index is 2.20. The molecule has 2 rings (SSSR count). The molecule has 0 aliphatic carbocycles. The predicted octanol–water partition coefficient (Wildman–Crippen LogP) is 1.67. The molecule has 15 heavy (non-hydrogen) atoms. The molecule has 0 spiro atoms. The summed E-state index contributed by atoms with van der Waals surface area (Å²) in [7, 11) is 0. The van der Waals surface area contributed by atoms with Gasteiger partial charge in [0.15, 0.2) is 0 Å². The van der Waals surface area contributed by atoms with Gasteiger partial charge in [0.2, 0.25) is 5.91 Å². The Labute approximate surface area is 94.0 Å². The van der Waals surface area contributed by atoms with Crippen LogP contribution in [-0.4, -0.2) is 25.5 Å². The Morgan fingerprint density at radius 1 is 1.27 bits per heavy atom. The third-order valence-corrected chi connectivity index (χ3v) is 2.70. The van der Waals surface area contributed by atoms with Crippen molar-refractivity contribution in [1.29, 1.82) is 0 Å². The first kappa shape index (κ1) is 10.5. The zero-order valence-corrected chi connectivity index (χ0v) is 9.13. The molecule has 1 saturated heterocycles. The maximum Gasteiger partial charge on any atom is 0.240 e. The lowest BCUT2D eigenvalue weighted by Gasteiger charge is -2.20. The number of carbonyl (C=O) groups excluding carboxylic acids is 1. The van der Waals surface area contributed by atoms with Gasteiger partial charge in [-0.1, -0.05) is 11.6 Å². The van der Waals surface area contributed by atoms with Crippen LogP contribution in [0.15, 0.2) is 24.3 Å². The number of halogens is 1. The average Bonchev–Trinajstić information content (AvgIpc) is 2.44. The quantitative estimate of drug-likeness (QED) is 0.787. The molecule has 1 fully saturated rings. The molecule has 1 aromatic rings. The molecule has 1 aliphatic heterocycles. The normalized spacial score (nSPS) is 17.7. The summed E-state index contributed by atoms with van der Waals surface area (Å²) >= 11 is 5.80. The molecule has 0 bridgehead atoms. The molecule has 1 N–H and O–H groups in total. The zero-order chi connectivity index (χ0) is 10.7. The zero-order valence-electron chi connectivity index (χ0n) is 8.37. The lowest BCUT2D eigenvalue weighted by Crippen LogP contribution is -2.34. The van der Waals surface area contributed by atoms with Crippen LogP contribution >= 0.6 is 11.6 Å². The standard InChI is InChI=1S/C11H13ClN2O/c12-9-2-4-10(5-3-9)14-7-1-6-13-8-11(14)15/h2-5,13H,1,6-8H2. The van der Waals surface area contributed by atoms with Crippen molar-refractivity contribution in [1.82, 2.24) is 5.32 Å². The molecule has 1 amide bonds. The van der Waals surface area contributed by atoms with Crippen LogP contribution in [0.1, 0.15) is 6.42 Å². The third-order valence-electron chi connectivity index (χ3n) is 2.45. The van der Waals surface area contributed by atoms with Crippen molar-refractivity contribution in [2.75, 3.05) is 24.5 Å². The minimum atomic E-state index is 0.120. The lowest BCUT2D eigenvalue weighted by molar-refractivity contribution is -0.117. The van der Waals surface area contributed by atoms with Gasteiger partial charge < -0.3 is 10.2 Å². The fourth-order valence-corrected chi connectivity index (χ4v) is 1.80. The number of carbonyl (C=O) groups is 1. The molecule has 1 aromatic carbocycles. The van der Waals surface area contributed by atoms with E-state index in [1.165, 1.54) is 0 Å². The van der Waals surface area contributed by atoms with Crippen molar-refractivity contribution < 1.29 is 4.79 Å². The molecule has 0 saturated carbocycles. The highest BCUT2D eigenvalue weighted by Crippen LogP contribution is 2.18. The second kappa shape index (κ2) is 4.64. The van der Waals surface area contributed by atoms with Gasteiger partial charge in [0.1, 0.15) is 0 Å². The van der Waals surface area contributed by atoms with Gasteiger partial charge >= 0.3 is 0 Å². The maximum absolute atomic E-state index is 11.7. The van der Waals surface area contributed by atoms with Gasteiger partial charge in [-0.3, -0.25) is 4.79 Å². The summed E-state index contributed by atoms with van der Waals surface area (Å²) in [6.45, 7) is 2.09. The van der Waals surface area contributed by atoms with E-state index in [1.54, 1.807) is 4.90 Å². The summed E-state index contributed by atoms with van der Waals surface area (Å²) in [5.41, 5.74) is 0.924. The molecule has 4 heteroatoms. The fourth-order valence-electron chi connectivity index (χ4n) is 1.67. The Hall–Kier alpha value is -1.06. The molecule has 0 unspecified atom stereocenters. The summed E-state index contributed by atoms with van der Waals surface area (Å²) in [4.78, 5) is 13.5. The molecular weight excluding hydrogens is 212 g/mol. The highest BCUT2D eigenvalue weighted by atomic mass is 35.5. The van der Waals surface area contributed by atoms with Crippen LogP contribution in [0.2, 0.25) is 5.02 Å². The number of hydrogen-bond donors (Lipinski definition) is 1. The molecule has 3 nitrogen and oxygen atoms in total. The van der Waals surface area contributed by atoms with E-state index in [9.17, 15) is 4.79 Å². The fraction of sp³-hybridized carbons (Fsp3) is 0.364. The molecule has 0 radical (unpaired) electrons. The van der Waals surface area contributed by atoms with Gasteiger partial charge in [-0.05, 0) is 37.2 Å². The topological polar surface area (TPSA) is 32.3 Å². The Morgan fingerprint density at radius 2 is 2.00 bits per heavy atom. The number of nitrogens with zero attached hydrogens (tertiary/aromatic N) is 1. The summed E-state index contributed by atoms with van der Waals surface area (Å²) in [5.74, 6) is 0.120.